The summed E-state index contributed by atoms with van der Waals surface area (Å²) in [7, 11) is 0. The zero-order valence-electron chi connectivity index (χ0n) is 11.9. The molecular weight excluding hydrogens is 278 g/mol. The number of rotatable bonds is 3. The van der Waals surface area contributed by atoms with Crippen molar-refractivity contribution in [3.63, 3.8) is 0 Å². The highest BCUT2D eigenvalue weighted by molar-refractivity contribution is 6.33. The van der Waals surface area contributed by atoms with Crippen LogP contribution in [-0.4, -0.2) is 14.7 Å². The van der Waals surface area contributed by atoms with E-state index in [1.807, 2.05) is 13.8 Å². The minimum Gasteiger partial charge on any atom is -0.258 e. The molecule has 0 bridgehead atoms. The van der Waals surface area contributed by atoms with Crippen molar-refractivity contribution in [1.29, 1.82) is 0 Å². The first-order chi connectivity index (χ1) is 9.38. The van der Waals surface area contributed by atoms with Crippen LogP contribution in [0.4, 0.5) is 5.69 Å². The molecule has 0 amide bonds. The normalized spacial score (nSPS) is 10.8. The van der Waals surface area contributed by atoms with Gasteiger partial charge in [-0.25, -0.2) is 4.68 Å². The van der Waals surface area contributed by atoms with Gasteiger partial charge in [-0.3, -0.25) is 10.1 Å². The lowest BCUT2D eigenvalue weighted by Crippen LogP contribution is -2.03. The molecule has 6 heteroatoms. The molecule has 2 rings (SSSR count). The molecule has 20 heavy (non-hydrogen) atoms. The van der Waals surface area contributed by atoms with Gasteiger partial charge in [0.05, 0.1) is 16.3 Å². The van der Waals surface area contributed by atoms with Gasteiger partial charge in [-0.2, -0.15) is 5.10 Å². The van der Waals surface area contributed by atoms with Crippen LogP contribution in [0.1, 0.15) is 29.4 Å². The van der Waals surface area contributed by atoms with Crippen LogP contribution in [0.25, 0.3) is 5.69 Å². The summed E-state index contributed by atoms with van der Waals surface area (Å²) in [5.74, 6) is 0. The van der Waals surface area contributed by atoms with Crippen LogP contribution >= 0.6 is 11.6 Å². The molecule has 0 aliphatic carbocycles. The van der Waals surface area contributed by atoms with E-state index in [4.69, 9.17) is 11.6 Å². The average Bonchev–Trinajstić information content (AvgIpc) is 2.67. The Morgan fingerprint density at radius 3 is 2.50 bits per heavy atom. The van der Waals surface area contributed by atoms with Crippen molar-refractivity contribution in [2.24, 2.45) is 0 Å². The Labute approximate surface area is 122 Å². The quantitative estimate of drug-likeness (QED) is 0.636. The van der Waals surface area contributed by atoms with Gasteiger partial charge in [-0.05, 0) is 38.8 Å². The maximum absolute atomic E-state index is 10.9. The van der Waals surface area contributed by atoms with Gasteiger partial charge in [-0.1, -0.05) is 18.5 Å². The zero-order valence-corrected chi connectivity index (χ0v) is 12.7. The SMILES string of the molecule is CCc1c(C)nn(-c2ccc([N+](=O)[O-])c(Cl)c2C)c1C. The van der Waals surface area contributed by atoms with E-state index in [0.29, 0.717) is 5.56 Å². The molecule has 0 unspecified atom stereocenters. The third-order valence-corrected chi connectivity index (χ3v) is 4.03. The molecule has 0 saturated heterocycles. The molecule has 5 nitrogen and oxygen atoms in total. The summed E-state index contributed by atoms with van der Waals surface area (Å²) < 4.78 is 1.80. The minimum absolute atomic E-state index is 0.0786. The molecule has 0 spiro atoms. The van der Waals surface area contributed by atoms with E-state index >= 15 is 0 Å². The van der Waals surface area contributed by atoms with Crippen LogP contribution in [-0.2, 0) is 6.42 Å². The first-order valence-corrected chi connectivity index (χ1v) is 6.75. The van der Waals surface area contributed by atoms with E-state index in [-0.39, 0.29) is 10.7 Å². The number of nitro benzene ring substituents is 1. The van der Waals surface area contributed by atoms with Crippen LogP contribution in [0.5, 0.6) is 0 Å². The lowest BCUT2D eigenvalue weighted by Gasteiger charge is -2.10. The average molecular weight is 294 g/mol. The van der Waals surface area contributed by atoms with Crippen LogP contribution in [0.3, 0.4) is 0 Å². The maximum atomic E-state index is 10.9. The Hall–Kier alpha value is -1.88. The van der Waals surface area contributed by atoms with Gasteiger partial charge in [0.25, 0.3) is 5.69 Å². The Bertz CT molecular complexity index is 692. The second kappa shape index (κ2) is 5.25. The number of hydrogen-bond donors (Lipinski definition) is 0. The molecule has 0 N–H and O–H groups in total. The minimum atomic E-state index is -0.474. The summed E-state index contributed by atoms with van der Waals surface area (Å²) in [5.41, 5.74) is 4.57. The highest BCUT2D eigenvalue weighted by Crippen LogP contribution is 2.32. The van der Waals surface area contributed by atoms with Gasteiger partial charge >= 0.3 is 0 Å². The topological polar surface area (TPSA) is 61.0 Å². The molecule has 1 aromatic carbocycles. The van der Waals surface area contributed by atoms with E-state index < -0.39 is 4.92 Å². The highest BCUT2D eigenvalue weighted by atomic mass is 35.5. The second-order valence-electron chi connectivity index (χ2n) is 4.71. The van der Waals surface area contributed by atoms with Crippen molar-refractivity contribution in [1.82, 2.24) is 9.78 Å². The Morgan fingerprint density at radius 1 is 1.35 bits per heavy atom. The van der Waals surface area contributed by atoms with Gasteiger partial charge in [0, 0.05) is 17.3 Å². The van der Waals surface area contributed by atoms with Gasteiger partial charge < -0.3 is 0 Å². The van der Waals surface area contributed by atoms with Crippen LogP contribution in [0.2, 0.25) is 5.02 Å². The largest absolute Gasteiger partial charge is 0.288 e. The highest BCUT2D eigenvalue weighted by Gasteiger charge is 2.19. The third-order valence-electron chi connectivity index (χ3n) is 3.56. The van der Waals surface area contributed by atoms with Crippen molar-refractivity contribution in [2.45, 2.75) is 34.1 Å². The fourth-order valence-corrected chi connectivity index (χ4v) is 2.68. The van der Waals surface area contributed by atoms with Crippen molar-refractivity contribution >= 4 is 17.3 Å². The summed E-state index contributed by atoms with van der Waals surface area (Å²) in [4.78, 5) is 10.4. The van der Waals surface area contributed by atoms with Gasteiger partial charge in [0.15, 0.2) is 0 Å². The predicted octanol–water partition coefficient (Wildman–Crippen LogP) is 3.92. The summed E-state index contributed by atoms with van der Waals surface area (Å²) in [6.45, 7) is 7.81. The number of aromatic nitrogens is 2. The van der Waals surface area contributed by atoms with Crippen molar-refractivity contribution in [2.75, 3.05) is 0 Å². The van der Waals surface area contributed by atoms with Crippen LogP contribution < -0.4 is 0 Å². The fraction of sp³-hybridized carbons (Fsp3) is 0.357. The van der Waals surface area contributed by atoms with Gasteiger partial charge in [0.2, 0.25) is 0 Å². The van der Waals surface area contributed by atoms with Gasteiger partial charge in [0.1, 0.15) is 5.02 Å². The van der Waals surface area contributed by atoms with E-state index in [1.54, 1.807) is 17.7 Å². The van der Waals surface area contributed by atoms with Crippen molar-refractivity contribution in [3.05, 3.63) is 49.8 Å². The van der Waals surface area contributed by atoms with Gasteiger partial charge in [-0.15, -0.1) is 0 Å². The Morgan fingerprint density at radius 2 is 2.00 bits per heavy atom. The summed E-state index contributed by atoms with van der Waals surface area (Å²) in [6, 6.07) is 3.12. The summed E-state index contributed by atoms with van der Waals surface area (Å²) >= 11 is 6.09. The number of nitrogens with zero attached hydrogens (tertiary/aromatic N) is 3. The van der Waals surface area contributed by atoms with E-state index in [1.165, 1.54) is 11.6 Å². The number of benzene rings is 1. The van der Waals surface area contributed by atoms with Crippen LogP contribution in [0, 0.1) is 30.9 Å². The number of halogens is 1. The smallest absolute Gasteiger partial charge is 0.258 e. The molecule has 0 atom stereocenters. The summed E-state index contributed by atoms with van der Waals surface area (Å²) in [5, 5.41) is 15.6. The number of hydrogen-bond acceptors (Lipinski definition) is 3. The first-order valence-electron chi connectivity index (χ1n) is 6.37. The molecule has 0 fully saturated rings. The molecule has 0 aliphatic heterocycles. The van der Waals surface area contributed by atoms with Crippen LogP contribution in [0.15, 0.2) is 12.1 Å². The second-order valence-corrected chi connectivity index (χ2v) is 5.09. The van der Waals surface area contributed by atoms with E-state index in [0.717, 1.165) is 23.5 Å². The molecule has 106 valence electrons. The number of aryl methyl sites for hydroxylation is 1. The molecule has 0 aliphatic rings. The Kier molecular flexibility index (Phi) is 3.81. The molecule has 0 radical (unpaired) electrons. The zero-order chi connectivity index (χ0) is 15.0. The standard InChI is InChI=1S/C14H16ClN3O2/c1-5-11-9(3)16-17(10(11)4)12-6-7-13(18(19)20)14(15)8(12)2/h6-7H,5H2,1-4H3. The first kappa shape index (κ1) is 14.5. The molecule has 1 aromatic heterocycles. The van der Waals surface area contributed by atoms with Crippen molar-refractivity contribution in [3.8, 4) is 5.69 Å². The monoisotopic (exact) mass is 293 g/mol. The molecule has 1 heterocycles. The molecule has 2 aromatic rings. The maximum Gasteiger partial charge on any atom is 0.288 e. The predicted molar refractivity (Wildman–Crippen MR) is 78.8 cm³/mol. The van der Waals surface area contributed by atoms with Crippen molar-refractivity contribution < 1.29 is 4.92 Å². The fourth-order valence-electron chi connectivity index (χ4n) is 2.45. The lowest BCUT2D eigenvalue weighted by molar-refractivity contribution is -0.384. The number of nitro groups is 1. The molecule has 0 saturated carbocycles. The van der Waals surface area contributed by atoms with E-state index in [2.05, 4.69) is 12.0 Å². The Balaban J connectivity index is 2.66. The summed E-state index contributed by atoms with van der Waals surface area (Å²) in [6.07, 6.45) is 0.900. The third kappa shape index (κ3) is 2.18. The lowest BCUT2D eigenvalue weighted by atomic mass is 10.1. The van der Waals surface area contributed by atoms with E-state index in [9.17, 15) is 10.1 Å². The molecular formula is C14H16ClN3O2.